The van der Waals surface area contributed by atoms with Crippen molar-refractivity contribution in [3.63, 3.8) is 0 Å². The van der Waals surface area contributed by atoms with E-state index in [9.17, 15) is 9.59 Å². The lowest BCUT2D eigenvalue weighted by Crippen LogP contribution is -2.31. The summed E-state index contributed by atoms with van der Waals surface area (Å²) in [7, 11) is 1.70. The Labute approximate surface area is 117 Å². The first kappa shape index (κ1) is 13.1. The molecule has 0 radical (unpaired) electrons. The Bertz CT molecular complexity index is 875. The van der Waals surface area contributed by atoms with Crippen molar-refractivity contribution in [1.29, 1.82) is 0 Å². The van der Waals surface area contributed by atoms with Gasteiger partial charge in [-0.05, 0) is 6.07 Å². The molecule has 0 aliphatic heterocycles. The summed E-state index contributed by atoms with van der Waals surface area (Å²) in [5.74, 6) is 4.94. The number of hydrogen-bond acceptors (Lipinski definition) is 6. The van der Waals surface area contributed by atoms with Gasteiger partial charge >= 0.3 is 0 Å². The SMILES string of the molecule is Cn1ncc2c(=O)n(Cc3occc3C(=O)NN)cnc21. The number of carbonyl (C=O) groups is 1. The Morgan fingerprint density at radius 1 is 1.52 bits per heavy atom. The molecule has 108 valence electrons. The summed E-state index contributed by atoms with van der Waals surface area (Å²) in [6, 6.07) is 1.48. The minimum absolute atomic E-state index is 0.0758. The summed E-state index contributed by atoms with van der Waals surface area (Å²) in [6.45, 7) is 0.0758. The summed E-state index contributed by atoms with van der Waals surface area (Å²) < 4.78 is 8.10. The van der Waals surface area contributed by atoms with Gasteiger partial charge < -0.3 is 4.42 Å². The molecule has 3 heterocycles. The number of aryl methyl sites for hydroxylation is 1. The van der Waals surface area contributed by atoms with Gasteiger partial charge in [0.2, 0.25) is 0 Å². The van der Waals surface area contributed by atoms with E-state index in [1.165, 1.54) is 34.1 Å². The molecule has 0 unspecified atom stereocenters. The summed E-state index contributed by atoms with van der Waals surface area (Å²) in [4.78, 5) is 28.1. The normalized spacial score (nSPS) is 11.0. The highest BCUT2D eigenvalue weighted by Crippen LogP contribution is 2.12. The van der Waals surface area contributed by atoms with Gasteiger partial charge in [-0.1, -0.05) is 0 Å². The smallest absolute Gasteiger partial charge is 0.268 e. The van der Waals surface area contributed by atoms with Crippen molar-refractivity contribution in [2.45, 2.75) is 6.54 Å². The van der Waals surface area contributed by atoms with E-state index in [0.29, 0.717) is 16.8 Å². The molecule has 3 N–H and O–H groups in total. The molecule has 0 aromatic carbocycles. The van der Waals surface area contributed by atoms with Crippen LogP contribution in [0.1, 0.15) is 16.1 Å². The van der Waals surface area contributed by atoms with E-state index in [4.69, 9.17) is 10.3 Å². The van der Waals surface area contributed by atoms with Gasteiger partial charge in [0.25, 0.3) is 11.5 Å². The average molecular weight is 288 g/mol. The Kier molecular flexibility index (Phi) is 3.03. The molecule has 9 nitrogen and oxygen atoms in total. The molecule has 0 saturated carbocycles. The fourth-order valence-corrected chi connectivity index (χ4v) is 2.08. The van der Waals surface area contributed by atoms with Gasteiger partial charge in [-0.25, -0.2) is 10.8 Å². The quantitative estimate of drug-likeness (QED) is 0.376. The van der Waals surface area contributed by atoms with Crippen molar-refractivity contribution in [1.82, 2.24) is 24.8 Å². The molecule has 0 aliphatic carbocycles. The van der Waals surface area contributed by atoms with Crippen LogP contribution in [0, 0.1) is 0 Å². The third-order valence-corrected chi connectivity index (χ3v) is 3.15. The number of fused-ring (bicyclic) bond motifs is 1. The van der Waals surface area contributed by atoms with Crippen LogP contribution in [0.5, 0.6) is 0 Å². The molecule has 3 rings (SSSR count). The molecule has 3 aromatic heterocycles. The molecule has 1 amide bonds. The molecular weight excluding hydrogens is 276 g/mol. The maximum atomic E-state index is 12.3. The highest BCUT2D eigenvalue weighted by molar-refractivity contribution is 5.94. The van der Waals surface area contributed by atoms with E-state index in [-0.39, 0.29) is 17.7 Å². The number of nitrogens with zero attached hydrogens (tertiary/aromatic N) is 4. The van der Waals surface area contributed by atoms with Crippen molar-refractivity contribution in [2.75, 3.05) is 0 Å². The summed E-state index contributed by atoms with van der Waals surface area (Å²) >= 11 is 0. The molecule has 0 bridgehead atoms. The van der Waals surface area contributed by atoms with Crippen molar-refractivity contribution in [2.24, 2.45) is 12.9 Å². The van der Waals surface area contributed by atoms with Gasteiger partial charge in [-0.3, -0.25) is 24.3 Å². The van der Waals surface area contributed by atoms with Crippen LogP contribution < -0.4 is 16.8 Å². The number of hydrazine groups is 1. The van der Waals surface area contributed by atoms with Gasteiger partial charge in [0, 0.05) is 7.05 Å². The van der Waals surface area contributed by atoms with E-state index in [0.717, 1.165) is 0 Å². The van der Waals surface area contributed by atoms with Crippen LogP contribution in [0.2, 0.25) is 0 Å². The second kappa shape index (κ2) is 4.87. The van der Waals surface area contributed by atoms with Gasteiger partial charge in [0.05, 0.1) is 24.6 Å². The number of carbonyl (C=O) groups excluding carboxylic acids is 1. The Morgan fingerprint density at radius 2 is 2.33 bits per heavy atom. The van der Waals surface area contributed by atoms with Crippen molar-refractivity contribution < 1.29 is 9.21 Å². The standard InChI is InChI=1S/C12H12N6O3/c1-17-10-8(4-15-17)12(20)18(6-14-10)5-9-7(2-3-21-9)11(19)16-13/h2-4,6H,5,13H2,1H3,(H,16,19). The maximum Gasteiger partial charge on any atom is 0.268 e. The molecule has 0 spiro atoms. The first-order chi connectivity index (χ1) is 10.1. The molecule has 21 heavy (non-hydrogen) atoms. The average Bonchev–Trinajstić information content (AvgIpc) is 3.09. The Balaban J connectivity index is 2.03. The minimum atomic E-state index is -0.484. The highest BCUT2D eigenvalue weighted by atomic mass is 16.3. The summed E-state index contributed by atoms with van der Waals surface area (Å²) in [5.41, 5.74) is 2.54. The third kappa shape index (κ3) is 2.09. The summed E-state index contributed by atoms with van der Waals surface area (Å²) in [6.07, 6.45) is 4.21. The van der Waals surface area contributed by atoms with Gasteiger partial charge in [0.1, 0.15) is 17.5 Å². The first-order valence-corrected chi connectivity index (χ1v) is 6.06. The van der Waals surface area contributed by atoms with Crippen LogP contribution in [0.25, 0.3) is 11.0 Å². The van der Waals surface area contributed by atoms with E-state index in [1.807, 2.05) is 5.43 Å². The van der Waals surface area contributed by atoms with Crippen molar-refractivity contribution in [3.05, 3.63) is 46.5 Å². The monoisotopic (exact) mass is 288 g/mol. The molecular formula is C12H12N6O3. The van der Waals surface area contributed by atoms with Crippen molar-refractivity contribution in [3.8, 4) is 0 Å². The van der Waals surface area contributed by atoms with E-state index >= 15 is 0 Å². The largest absolute Gasteiger partial charge is 0.467 e. The zero-order chi connectivity index (χ0) is 15.0. The number of amides is 1. The maximum absolute atomic E-state index is 12.3. The van der Waals surface area contributed by atoms with Gasteiger partial charge in [-0.15, -0.1) is 0 Å². The fourth-order valence-electron chi connectivity index (χ4n) is 2.08. The summed E-state index contributed by atoms with van der Waals surface area (Å²) in [5, 5.41) is 4.39. The predicted octanol–water partition coefficient (Wildman–Crippen LogP) is -0.625. The molecule has 0 atom stereocenters. The topological polar surface area (TPSA) is 121 Å². The van der Waals surface area contributed by atoms with Crippen LogP contribution in [-0.2, 0) is 13.6 Å². The number of nitrogens with one attached hydrogen (secondary N) is 1. The van der Waals surface area contributed by atoms with Crippen LogP contribution in [0.15, 0.2) is 34.1 Å². The minimum Gasteiger partial charge on any atom is -0.467 e. The Morgan fingerprint density at radius 3 is 3.10 bits per heavy atom. The number of nitrogens with two attached hydrogens (primary N) is 1. The van der Waals surface area contributed by atoms with Crippen LogP contribution in [0.4, 0.5) is 0 Å². The number of nitrogen functional groups attached to an aromatic ring is 1. The highest BCUT2D eigenvalue weighted by Gasteiger charge is 2.16. The lowest BCUT2D eigenvalue weighted by Gasteiger charge is -2.05. The fraction of sp³-hybridized carbons (Fsp3) is 0.167. The first-order valence-electron chi connectivity index (χ1n) is 6.06. The second-order valence-corrected chi connectivity index (χ2v) is 4.41. The molecule has 3 aromatic rings. The molecule has 0 aliphatic rings. The zero-order valence-corrected chi connectivity index (χ0v) is 11.1. The van der Waals surface area contributed by atoms with Crippen LogP contribution >= 0.6 is 0 Å². The van der Waals surface area contributed by atoms with Crippen molar-refractivity contribution >= 4 is 16.9 Å². The Hall–Kier alpha value is -2.94. The number of aromatic nitrogens is 4. The van der Waals surface area contributed by atoms with Gasteiger partial charge in [0.15, 0.2) is 5.65 Å². The molecule has 0 saturated heterocycles. The van der Waals surface area contributed by atoms with Gasteiger partial charge in [-0.2, -0.15) is 5.10 Å². The lowest BCUT2D eigenvalue weighted by molar-refractivity contribution is 0.0951. The zero-order valence-electron chi connectivity index (χ0n) is 11.1. The van der Waals surface area contributed by atoms with E-state index in [1.54, 1.807) is 7.05 Å². The van der Waals surface area contributed by atoms with E-state index in [2.05, 4.69) is 10.1 Å². The predicted molar refractivity (Wildman–Crippen MR) is 72.2 cm³/mol. The molecule has 0 fully saturated rings. The van der Waals surface area contributed by atoms with Crippen LogP contribution in [0.3, 0.4) is 0 Å². The second-order valence-electron chi connectivity index (χ2n) is 4.41. The number of hydrogen-bond donors (Lipinski definition) is 2. The number of rotatable bonds is 3. The lowest BCUT2D eigenvalue weighted by atomic mass is 10.2. The molecule has 9 heteroatoms. The van der Waals surface area contributed by atoms with E-state index < -0.39 is 5.91 Å². The van der Waals surface area contributed by atoms with Crippen LogP contribution in [-0.4, -0.2) is 25.2 Å². The number of furan rings is 1. The third-order valence-electron chi connectivity index (χ3n) is 3.15.